The zero-order chi connectivity index (χ0) is 8.36. The highest BCUT2D eigenvalue weighted by atomic mass is 19.2. The lowest BCUT2D eigenvalue weighted by molar-refractivity contribution is 0.000379. The van der Waals surface area contributed by atoms with Gasteiger partial charge in [0, 0.05) is 13.1 Å². The molecule has 0 saturated carbocycles. The Morgan fingerprint density at radius 1 is 1.40 bits per heavy atom. The van der Waals surface area contributed by atoms with Crippen LogP contribution in [-0.2, 0) is 0 Å². The first-order valence-corrected chi connectivity index (χ1v) is 3.71. The Bertz CT molecular complexity index is 93.9. The van der Waals surface area contributed by atoms with Crippen molar-refractivity contribution in [1.29, 1.82) is 0 Å². The Hall–Kier alpha value is -0.110. The molecule has 2 heteroatoms. The van der Waals surface area contributed by atoms with Gasteiger partial charge in [-0.15, -0.1) is 9.60 Å². The molecule has 1 nitrogen and oxygen atoms in total. The molecule has 0 spiro atoms. The van der Waals surface area contributed by atoms with Gasteiger partial charge in [-0.3, -0.25) is 0 Å². The van der Waals surface area contributed by atoms with Crippen molar-refractivity contribution in [2.24, 2.45) is 5.41 Å². The van der Waals surface area contributed by atoms with E-state index < -0.39 is 0 Å². The summed E-state index contributed by atoms with van der Waals surface area (Å²) in [5, 5.41) is 0.769. The van der Waals surface area contributed by atoms with Crippen molar-refractivity contribution < 1.29 is 4.48 Å². The Kier molecular flexibility index (Phi) is 3.29. The Balaban J connectivity index is 3.68. The predicted molar refractivity (Wildman–Crippen MR) is 42.4 cm³/mol. The van der Waals surface area contributed by atoms with Gasteiger partial charge in [0.25, 0.3) is 0 Å². The molecule has 0 aliphatic carbocycles. The molecule has 0 amide bonds. The van der Waals surface area contributed by atoms with Crippen LogP contribution in [0.3, 0.4) is 0 Å². The summed E-state index contributed by atoms with van der Waals surface area (Å²) in [5.74, 6) is 0. The third kappa shape index (κ3) is 4.74. The van der Waals surface area contributed by atoms with Crippen LogP contribution < -0.4 is 0 Å². The maximum Gasteiger partial charge on any atom is 0.0376 e. The topological polar surface area (TPSA) is 3.24 Å². The van der Waals surface area contributed by atoms with E-state index in [1.165, 1.54) is 7.05 Å². The first-order valence-electron chi connectivity index (χ1n) is 3.71. The minimum atomic E-state index is 0.0278. The first-order chi connectivity index (χ1) is 4.33. The molecule has 0 aromatic carbocycles. The number of nitrogens with zero attached hydrogens (tertiary/aromatic N) is 1. The largest absolute Gasteiger partial charge is 0.147 e. The number of rotatable bonds is 2. The third-order valence-corrected chi connectivity index (χ3v) is 1.52. The summed E-state index contributed by atoms with van der Waals surface area (Å²) in [5.41, 5.74) is 0.222. The van der Waals surface area contributed by atoms with Gasteiger partial charge >= 0.3 is 0 Å². The van der Waals surface area contributed by atoms with Crippen LogP contribution in [0.15, 0.2) is 0 Å². The lowest BCUT2D eigenvalue weighted by Crippen LogP contribution is -2.26. The summed E-state index contributed by atoms with van der Waals surface area (Å²) < 4.78 is 12.5. The minimum absolute atomic E-state index is 0.0278. The average Bonchev–Trinajstić information content (AvgIpc) is 1.60. The molecule has 10 heavy (non-hydrogen) atoms. The molecule has 0 rings (SSSR count). The standard InChI is InChI=1S/C8H18FN/c1-7(10(5)9)6-8(2,3)4/h7H,6H2,1-5H3. The van der Waals surface area contributed by atoms with Gasteiger partial charge < -0.3 is 0 Å². The zero-order valence-corrected chi connectivity index (χ0v) is 7.61. The summed E-state index contributed by atoms with van der Waals surface area (Å²) in [4.78, 5) is 0. The van der Waals surface area contributed by atoms with E-state index in [-0.39, 0.29) is 11.5 Å². The third-order valence-electron chi connectivity index (χ3n) is 1.52. The lowest BCUT2D eigenvalue weighted by Gasteiger charge is -2.24. The van der Waals surface area contributed by atoms with Gasteiger partial charge in [-0.2, -0.15) is 0 Å². The Morgan fingerprint density at radius 3 is 1.90 bits per heavy atom. The summed E-state index contributed by atoms with van der Waals surface area (Å²) in [7, 11) is 1.47. The van der Waals surface area contributed by atoms with E-state index in [9.17, 15) is 4.48 Å². The predicted octanol–water partition coefficient (Wildman–Crippen LogP) is 2.63. The van der Waals surface area contributed by atoms with Crippen molar-refractivity contribution in [3.05, 3.63) is 0 Å². The second kappa shape index (κ2) is 3.33. The summed E-state index contributed by atoms with van der Waals surface area (Å²) in [6, 6.07) is 0.0278. The molecular formula is C8H18FN. The molecular weight excluding hydrogens is 129 g/mol. The average molecular weight is 147 g/mol. The molecule has 1 atom stereocenters. The molecule has 0 saturated heterocycles. The zero-order valence-electron chi connectivity index (χ0n) is 7.61. The SMILES string of the molecule is CC(CC(C)(C)C)N(C)F. The molecule has 62 valence electrons. The van der Waals surface area contributed by atoms with Crippen LogP contribution in [0.1, 0.15) is 34.1 Å². The van der Waals surface area contributed by atoms with Crippen LogP contribution >= 0.6 is 0 Å². The van der Waals surface area contributed by atoms with Gasteiger partial charge in [0.05, 0.1) is 0 Å². The van der Waals surface area contributed by atoms with Gasteiger partial charge in [0.1, 0.15) is 0 Å². The maximum absolute atomic E-state index is 12.5. The van der Waals surface area contributed by atoms with Gasteiger partial charge in [0.2, 0.25) is 0 Å². The number of halogens is 1. The van der Waals surface area contributed by atoms with Crippen LogP contribution in [0.25, 0.3) is 0 Å². The highest BCUT2D eigenvalue weighted by Crippen LogP contribution is 2.22. The van der Waals surface area contributed by atoms with E-state index in [4.69, 9.17) is 0 Å². The van der Waals surface area contributed by atoms with Gasteiger partial charge in [0.15, 0.2) is 0 Å². The van der Waals surface area contributed by atoms with E-state index in [1.54, 1.807) is 0 Å². The fourth-order valence-corrected chi connectivity index (χ4v) is 1.01. The molecule has 0 radical (unpaired) electrons. The molecule has 0 aliphatic rings. The molecule has 0 aromatic rings. The molecule has 0 fully saturated rings. The van der Waals surface area contributed by atoms with E-state index in [2.05, 4.69) is 20.8 Å². The van der Waals surface area contributed by atoms with Crippen LogP contribution in [0.5, 0.6) is 0 Å². The highest BCUT2D eigenvalue weighted by molar-refractivity contribution is 4.68. The minimum Gasteiger partial charge on any atom is -0.147 e. The summed E-state index contributed by atoms with van der Waals surface area (Å²) in [6.07, 6.45) is 0.889. The van der Waals surface area contributed by atoms with Crippen LogP contribution in [0.4, 0.5) is 4.48 Å². The van der Waals surface area contributed by atoms with Crippen molar-refractivity contribution in [2.75, 3.05) is 7.05 Å². The van der Waals surface area contributed by atoms with E-state index in [0.717, 1.165) is 11.5 Å². The van der Waals surface area contributed by atoms with Crippen LogP contribution in [-0.4, -0.2) is 18.2 Å². The second-order valence-corrected chi connectivity index (χ2v) is 4.14. The summed E-state index contributed by atoms with van der Waals surface area (Å²) in [6.45, 7) is 8.25. The van der Waals surface area contributed by atoms with Crippen LogP contribution in [0, 0.1) is 5.41 Å². The van der Waals surface area contributed by atoms with Crippen molar-refractivity contribution in [1.82, 2.24) is 5.12 Å². The van der Waals surface area contributed by atoms with Crippen LogP contribution in [0.2, 0.25) is 0 Å². The normalized spacial score (nSPS) is 15.9. The quantitative estimate of drug-likeness (QED) is 0.543. The molecule has 0 aromatic heterocycles. The van der Waals surface area contributed by atoms with Gasteiger partial charge in [-0.05, 0) is 18.8 Å². The molecule has 1 unspecified atom stereocenters. The molecule has 0 bridgehead atoms. The van der Waals surface area contributed by atoms with Crippen molar-refractivity contribution in [3.8, 4) is 0 Å². The molecule has 0 N–H and O–H groups in total. The highest BCUT2D eigenvalue weighted by Gasteiger charge is 2.17. The van der Waals surface area contributed by atoms with Crippen molar-refractivity contribution in [2.45, 2.75) is 40.2 Å². The monoisotopic (exact) mass is 147 g/mol. The van der Waals surface area contributed by atoms with Gasteiger partial charge in [-0.25, -0.2) is 0 Å². The number of hydrogen-bond donors (Lipinski definition) is 0. The van der Waals surface area contributed by atoms with Gasteiger partial charge in [-0.1, -0.05) is 20.8 Å². The maximum atomic E-state index is 12.5. The smallest absolute Gasteiger partial charge is 0.0376 e. The van der Waals surface area contributed by atoms with E-state index >= 15 is 0 Å². The van der Waals surface area contributed by atoms with Crippen molar-refractivity contribution in [3.63, 3.8) is 0 Å². The van der Waals surface area contributed by atoms with Crippen molar-refractivity contribution >= 4 is 0 Å². The Labute approximate surface area is 63.2 Å². The van der Waals surface area contributed by atoms with E-state index in [0.29, 0.717) is 0 Å². The molecule has 0 aliphatic heterocycles. The second-order valence-electron chi connectivity index (χ2n) is 4.14. The van der Waals surface area contributed by atoms with E-state index in [1.807, 2.05) is 6.92 Å². The number of hydrogen-bond acceptors (Lipinski definition) is 1. The molecule has 0 heterocycles. The first kappa shape index (κ1) is 9.89. The fourth-order valence-electron chi connectivity index (χ4n) is 1.01. The summed E-state index contributed by atoms with van der Waals surface area (Å²) >= 11 is 0. The Morgan fingerprint density at radius 2 is 1.80 bits per heavy atom. The fraction of sp³-hybridized carbons (Fsp3) is 1.00. The lowest BCUT2D eigenvalue weighted by atomic mass is 9.89.